The number of nitrogens with two attached hydrogens (primary N) is 1. The summed E-state index contributed by atoms with van der Waals surface area (Å²) in [4.78, 5) is 69.9. The van der Waals surface area contributed by atoms with E-state index < -0.39 is 64.7 Å². The highest BCUT2D eigenvalue weighted by molar-refractivity contribution is 6.36. The Labute approximate surface area is 296 Å². The Balaban J connectivity index is 1.48. The molecule has 2 saturated heterocycles. The van der Waals surface area contributed by atoms with Gasteiger partial charge in [-0.1, -0.05) is 53.1 Å². The number of halogens is 2. The van der Waals surface area contributed by atoms with E-state index in [0.29, 0.717) is 32.4 Å². The highest BCUT2D eigenvalue weighted by Crippen LogP contribution is 2.64. The second-order valence-electron chi connectivity index (χ2n) is 12.7. The lowest BCUT2D eigenvalue weighted by molar-refractivity contribution is -0.139. The summed E-state index contributed by atoms with van der Waals surface area (Å²) < 4.78 is 11.2. The van der Waals surface area contributed by atoms with E-state index in [1.165, 1.54) is 19.2 Å². The number of rotatable bonds is 7. The van der Waals surface area contributed by atoms with Crippen LogP contribution < -0.4 is 20.6 Å². The molecule has 4 aliphatic rings. The molecule has 4 N–H and O–H groups in total. The van der Waals surface area contributed by atoms with Crippen LogP contribution in [0.4, 0.5) is 10.5 Å². The van der Waals surface area contributed by atoms with Gasteiger partial charge in [0.1, 0.15) is 5.75 Å². The largest absolute Gasteiger partial charge is 0.504 e. The predicted molar refractivity (Wildman–Crippen MR) is 181 cm³/mol. The molecular weight excluding hydrogens is 687 g/mol. The third kappa shape index (κ3) is 4.84. The number of imide groups is 4. The number of urea groups is 1. The van der Waals surface area contributed by atoms with Crippen LogP contribution in [0.15, 0.2) is 72.3 Å². The number of hydrazine groups is 1. The van der Waals surface area contributed by atoms with E-state index in [9.17, 15) is 24.3 Å². The number of amides is 6. The maximum Gasteiger partial charge on any atom is 0.328 e. The summed E-state index contributed by atoms with van der Waals surface area (Å²) in [5.41, 5.74) is 8.73. The van der Waals surface area contributed by atoms with E-state index in [2.05, 4.69) is 5.43 Å². The zero-order chi connectivity index (χ0) is 35.6. The van der Waals surface area contributed by atoms with Gasteiger partial charge in [-0.15, -0.1) is 0 Å². The number of carbonyl (C=O) groups is 5. The number of methoxy groups -OCH3 is 1. The number of carbonyl (C=O) groups excluding carboxylic acids is 5. The number of phenolic OH excluding ortho intramolecular Hbond substituents is 1. The van der Waals surface area contributed by atoms with Crippen molar-refractivity contribution in [2.24, 2.45) is 29.4 Å². The molecule has 0 radical (unpaired) electrons. The minimum atomic E-state index is -1.61. The standard InChI is InChI=1S/C36H32Cl2N4O8/c1-3-50-28-14-17(4-13-27(28)43)30-21-10-11-22-29(33(46)41(31(22)44)35(39)48)23(21)16-24-32(45)42(40-26-12-7-19(37)15-25(26)38)34(47)36(24,30)18-5-8-20(49-2)9-6-18/h4-10,12-15,22-24,29-30,40,43H,3,11,16H2,1-2H3,(H2,39,48)/t22-,23+,24-,29-,30-,36+/m0/s1. The van der Waals surface area contributed by atoms with Crippen LogP contribution in [0.25, 0.3) is 0 Å². The third-order valence-electron chi connectivity index (χ3n) is 10.4. The molecule has 258 valence electrons. The van der Waals surface area contributed by atoms with Crippen LogP contribution in [0.2, 0.25) is 10.0 Å². The number of fused-ring (bicyclic) bond motifs is 4. The van der Waals surface area contributed by atoms with Crippen molar-refractivity contribution in [2.75, 3.05) is 19.1 Å². The van der Waals surface area contributed by atoms with Crippen molar-refractivity contribution >= 4 is 58.5 Å². The van der Waals surface area contributed by atoms with Gasteiger partial charge in [0.05, 0.1) is 47.6 Å². The third-order valence-corrected chi connectivity index (χ3v) is 11.0. The smallest absolute Gasteiger partial charge is 0.328 e. The zero-order valence-electron chi connectivity index (χ0n) is 26.9. The lowest BCUT2D eigenvalue weighted by Crippen LogP contribution is -2.53. The Morgan fingerprint density at radius 3 is 2.40 bits per heavy atom. The molecule has 2 aliphatic carbocycles. The molecule has 3 aromatic rings. The number of allylic oxidation sites excluding steroid dienone is 2. The quantitative estimate of drug-likeness (QED) is 0.220. The number of likely N-dealkylation sites (tertiary alicyclic amines) is 1. The fraction of sp³-hybridized carbons (Fsp3) is 0.306. The molecule has 6 amide bonds. The molecule has 7 rings (SSSR count). The Morgan fingerprint density at radius 2 is 1.74 bits per heavy atom. The number of hydrogen-bond donors (Lipinski definition) is 3. The second-order valence-corrected chi connectivity index (χ2v) is 13.6. The van der Waals surface area contributed by atoms with Gasteiger partial charge in [0.15, 0.2) is 11.5 Å². The summed E-state index contributed by atoms with van der Waals surface area (Å²) in [6.07, 6.45) is 1.94. The van der Waals surface area contributed by atoms with Gasteiger partial charge in [-0.2, -0.15) is 9.91 Å². The molecule has 50 heavy (non-hydrogen) atoms. The average molecular weight is 720 g/mol. The summed E-state index contributed by atoms with van der Waals surface area (Å²) in [7, 11) is 1.51. The number of benzene rings is 3. The summed E-state index contributed by atoms with van der Waals surface area (Å²) in [6, 6.07) is 15.0. The number of aromatic hydroxyl groups is 1. The number of primary amides is 1. The van der Waals surface area contributed by atoms with Gasteiger partial charge in [-0.05, 0) is 79.3 Å². The molecule has 0 spiro atoms. The van der Waals surface area contributed by atoms with Crippen LogP contribution >= 0.6 is 23.2 Å². The van der Waals surface area contributed by atoms with Gasteiger partial charge >= 0.3 is 6.03 Å². The number of nitrogens with zero attached hydrogens (tertiary/aromatic N) is 2. The fourth-order valence-corrected chi connectivity index (χ4v) is 8.87. The van der Waals surface area contributed by atoms with Gasteiger partial charge in [0.2, 0.25) is 11.8 Å². The van der Waals surface area contributed by atoms with Crippen molar-refractivity contribution in [3.8, 4) is 17.2 Å². The molecule has 14 heteroatoms. The van der Waals surface area contributed by atoms with Crippen molar-refractivity contribution in [3.05, 3.63) is 93.5 Å². The maximum atomic E-state index is 15.3. The monoisotopic (exact) mass is 718 g/mol. The maximum absolute atomic E-state index is 15.3. The van der Waals surface area contributed by atoms with Crippen molar-refractivity contribution in [1.29, 1.82) is 0 Å². The van der Waals surface area contributed by atoms with Gasteiger partial charge in [0.25, 0.3) is 11.8 Å². The number of phenols is 1. The van der Waals surface area contributed by atoms with E-state index in [1.807, 2.05) is 6.08 Å². The first-order valence-electron chi connectivity index (χ1n) is 16.0. The summed E-state index contributed by atoms with van der Waals surface area (Å²) in [5, 5.41) is 12.2. The van der Waals surface area contributed by atoms with E-state index in [4.69, 9.17) is 38.4 Å². The molecule has 2 aliphatic heterocycles. The Morgan fingerprint density at radius 1 is 1.00 bits per heavy atom. The number of hydrogen-bond acceptors (Lipinski definition) is 9. The van der Waals surface area contributed by atoms with Crippen LogP contribution in [0.5, 0.6) is 17.2 Å². The minimum Gasteiger partial charge on any atom is -0.504 e. The van der Waals surface area contributed by atoms with Crippen molar-refractivity contribution < 1.29 is 38.6 Å². The molecule has 0 aromatic heterocycles. The summed E-state index contributed by atoms with van der Waals surface area (Å²) >= 11 is 12.6. The first-order valence-corrected chi connectivity index (χ1v) is 16.8. The lowest BCUT2D eigenvalue weighted by atomic mass is 9.49. The van der Waals surface area contributed by atoms with Crippen molar-refractivity contribution in [3.63, 3.8) is 0 Å². The molecule has 0 unspecified atom stereocenters. The van der Waals surface area contributed by atoms with E-state index in [-0.39, 0.29) is 41.7 Å². The van der Waals surface area contributed by atoms with Crippen molar-refractivity contribution in [2.45, 2.75) is 31.1 Å². The first-order chi connectivity index (χ1) is 23.9. The molecule has 0 bridgehead atoms. The van der Waals surface area contributed by atoms with Crippen LogP contribution in [-0.4, -0.2) is 58.4 Å². The lowest BCUT2D eigenvalue weighted by Gasteiger charge is -2.50. The Kier molecular flexibility index (Phi) is 8.26. The first kappa shape index (κ1) is 33.4. The van der Waals surface area contributed by atoms with Gasteiger partial charge in [-0.3, -0.25) is 24.6 Å². The SMILES string of the molecule is CCOc1cc([C@H]2C3=CC[C@@H]4C(=O)N(C(N)=O)C(=O)[C@@H]4[C@@H]3C[C@H]3C(=O)N(Nc4ccc(Cl)cc4Cl)C(=O)[C@@]23c2ccc(OC)cc2)ccc1O. The van der Waals surface area contributed by atoms with Crippen LogP contribution in [0.1, 0.15) is 36.8 Å². The Hall–Kier alpha value is -5.07. The predicted octanol–water partition coefficient (Wildman–Crippen LogP) is 5.17. The van der Waals surface area contributed by atoms with Crippen molar-refractivity contribution in [1.82, 2.24) is 9.91 Å². The van der Waals surface area contributed by atoms with E-state index in [0.717, 1.165) is 5.01 Å². The molecule has 3 aromatic carbocycles. The Bertz CT molecular complexity index is 2000. The molecular formula is C36H32Cl2N4O8. The molecule has 2 heterocycles. The molecule has 6 atom stereocenters. The van der Waals surface area contributed by atoms with Crippen LogP contribution in [0, 0.1) is 23.7 Å². The molecule has 12 nitrogen and oxygen atoms in total. The normalized spacial score (nSPS) is 27.0. The zero-order valence-corrected chi connectivity index (χ0v) is 28.4. The number of anilines is 1. The fourth-order valence-electron chi connectivity index (χ4n) is 8.42. The summed E-state index contributed by atoms with van der Waals surface area (Å²) in [6.45, 7) is 2.00. The highest BCUT2D eigenvalue weighted by Gasteiger charge is 2.70. The summed E-state index contributed by atoms with van der Waals surface area (Å²) in [5.74, 6) is -6.62. The highest BCUT2D eigenvalue weighted by atomic mass is 35.5. The van der Waals surface area contributed by atoms with Gasteiger partial charge in [-0.25, -0.2) is 4.79 Å². The van der Waals surface area contributed by atoms with Gasteiger partial charge < -0.3 is 20.3 Å². The average Bonchev–Trinajstić information content (AvgIpc) is 3.48. The van der Waals surface area contributed by atoms with Crippen LogP contribution in [-0.2, 0) is 24.6 Å². The molecule has 3 fully saturated rings. The number of ether oxygens (including phenoxy) is 2. The second kappa shape index (κ2) is 12.4. The number of nitrogens with one attached hydrogen (secondary N) is 1. The van der Waals surface area contributed by atoms with E-state index in [1.54, 1.807) is 55.5 Å². The van der Waals surface area contributed by atoms with Gasteiger partial charge in [0, 0.05) is 10.9 Å². The van der Waals surface area contributed by atoms with Crippen LogP contribution in [0.3, 0.4) is 0 Å². The molecule has 1 saturated carbocycles. The van der Waals surface area contributed by atoms with E-state index >= 15 is 4.79 Å². The topological polar surface area (TPSA) is 169 Å². The minimum absolute atomic E-state index is 0.00530.